The van der Waals surface area contributed by atoms with Gasteiger partial charge in [-0.1, -0.05) is 18.5 Å². The van der Waals surface area contributed by atoms with Crippen LogP contribution in [0.4, 0.5) is 0 Å². The van der Waals surface area contributed by atoms with Gasteiger partial charge in [-0.3, -0.25) is 4.79 Å². The van der Waals surface area contributed by atoms with Crippen molar-refractivity contribution in [3.05, 3.63) is 21.3 Å². The zero-order valence-corrected chi connectivity index (χ0v) is 11.5. The average Bonchev–Trinajstić information content (AvgIpc) is 2.95. The minimum Gasteiger partial charge on any atom is -0.334 e. The number of nitrogens with zero attached hydrogens (tertiary/aromatic N) is 1. The van der Waals surface area contributed by atoms with Gasteiger partial charge in [-0.2, -0.15) is 0 Å². The molecule has 1 atom stereocenters. The maximum atomic E-state index is 12.4. The van der Waals surface area contributed by atoms with Crippen LogP contribution in [-0.4, -0.2) is 36.5 Å². The highest BCUT2D eigenvalue weighted by atomic mass is 35.5. The van der Waals surface area contributed by atoms with Crippen LogP contribution in [0.25, 0.3) is 0 Å². The molecular formula is C12H17ClN2OS. The van der Waals surface area contributed by atoms with Gasteiger partial charge in [0.15, 0.2) is 0 Å². The van der Waals surface area contributed by atoms with Crippen LogP contribution in [0.15, 0.2) is 12.1 Å². The Morgan fingerprint density at radius 3 is 3.00 bits per heavy atom. The first-order valence-electron chi connectivity index (χ1n) is 5.99. The summed E-state index contributed by atoms with van der Waals surface area (Å²) in [6.45, 7) is 4.83. The second kappa shape index (κ2) is 5.85. The lowest BCUT2D eigenvalue weighted by Crippen LogP contribution is -2.41. The third kappa shape index (κ3) is 3.00. The van der Waals surface area contributed by atoms with Gasteiger partial charge in [-0.15, -0.1) is 11.3 Å². The van der Waals surface area contributed by atoms with Gasteiger partial charge in [0.1, 0.15) is 0 Å². The van der Waals surface area contributed by atoms with E-state index in [1.165, 1.54) is 11.3 Å². The molecule has 94 valence electrons. The minimum atomic E-state index is 0.123. The first-order chi connectivity index (χ1) is 8.22. The van der Waals surface area contributed by atoms with E-state index < -0.39 is 0 Å². The van der Waals surface area contributed by atoms with Crippen molar-refractivity contribution in [1.82, 2.24) is 10.2 Å². The molecule has 0 bridgehead atoms. The van der Waals surface area contributed by atoms with Crippen LogP contribution in [0.5, 0.6) is 0 Å². The van der Waals surface area contributed by atoms with Crippen LogP contribution in [0, 0.1) is 0 Å². The zero-order chi connectivity index (χ0) is 12.3. The van der Waals surface area contributed by atoms with Crippen LogP contribution in [0.3, 0.4) is 0 Å². The van der Waals surface area contributed by atoms with E-state index in [1.807, 2.05) is 11.0 Å². The Morgan fingerprint density at radius 1 is 1.65 bits per heavy atom. The quantitative estimate of drug-likeness (QED) is 0.914. The first-order valence-corrected chi connectivity index (χ1v) is 7.19. The fraction of sp³-hybridized carbons (Fsp3) is 0.583. The van der Waals surface area contributed by atoms with Crippen LogP contribution in [0.2, 0.25) is 4.34 Å². The third-order valence-corrected chi connectivity index (χ3v) is 4.20. The zero-order valence-electron chi connectivity index (χ0n) is 9.91. The fourth-order valence-electron chi connectivity index (χ4n) is 2.17. The highest BCUT2D eigenvalue weighted by Gasteiger charge is 2.27. The summed E-state index contributed by atoms with van der Waals surface area (Å²) in [6, 6.07) is 3.94. The summed E-state index contributed by atoms with van der Waals surface area (Å²) in [5, 5.41) is 3.31. The molecule has 1 unspecified atom stereocenters. The molecule has 1 aromatic rings. The van der Waals surface area contributed by atoms with E-state index in [-0.39, 0.29) is 5.91 Å². The number of hydrogen-bond donors (Lipinski definition) is 1. The van der Waals surface area contributed by atoms with Crippen molar-refractivity contribution in [2.24, 2.45) is 0 Å². The van der Waals surface area contributed by atoms with Crippen molar-refractivity contribution in [3.8, 4) is 0 Å². The molecule has 1 saturated heterocycles. The molecule has 5 heteroatoms. The van der Waals surface area contributed by atoms with E-state index >= 15 is 0 Å². The predicted molar refractivity (Wildman–Crippen MR) is 71.9 cm³/mol. The topological polar surface area (TPSA) is 32.3 Å². The standard InChI is InChI=1S/C12H17ClN2OS/c1-2-7-15(9-5-6-14-8-9)12(16)10-3-4-11(13)17-10/h3-4,9,14H,2,5-8H2,1H3. The monoisotopic (exact) mass is 272 g/mol. The van der Waals surface area contributed by atoms with Gasteiger partial charge in [0.25, 0.3) is 5.91 Å². The van der Waals surface area contributed by atoms with E-state index in [0.717, 1.165) is 37.4 Å². The molecule has 1 aliphatic rings. The van der Waals surface area contributed by atoms with Crippen LogP contribution < -0.4 is 5.32 Å². The number of carbonyl (C=O) groups excluding carboxylic acids is 1. The van der Waals surface area contributed by atoms with E-state index in [1.54, 1.807) is 6.07 Å². The number of nitrogens with one attached hydrogen (secondary N) is 1. The summed E-state index contributed by atoms with van der Waals surface area (Å²) in [5.41, 5.74) is 0. The van der Waals surface area contributed by atoms with Gasteiger partial charge in [-0.25, -0.2) is 0 Å². The molecule has 1 aromatic heterocycles. The van der Waals surface area contributed by atoms with Crippen LogP contribution in [-0.2, 0) is 0 Å². The molecule has 0 saturated carbocycles. The highest BCUT2D eigenvalue weighted by molar-refractivity contribution is 7.17. The number of rotatable bonds is 4. The lowest BCUT2D eigenvalue weighted by Gasteiger charge is -2.27. The van der Waals surface area contributed by atoms with E-state index in [9.17, 15) is 4.79 Å². The smallest absolute Gasteiger partial charge is 0.264 e. The second-order valence-electron chi connectivity index (χ2n) is 4.25. The van der Waals surface area contributed by atoms with Gasteiger partial charge >= 0.3 is 0 Å². The lowest BCUT2D eigenvalue weighted by atomic mass is 10.2. The molecule has 1 N–H and O–H groups in total. The maximum absolute atomic E-state index is 12.4. The first kappa shape index (κ1) is 12.9. The van der Waals surface area contributed by atoms with Gasteiger partial charge in [0, 0.05) is 19.1 Å². The third-order valence-electron chi connectivity index (χ3n) is 2.98. The molecule has 1 amide bonds. The van der Waals surface area contributed by atoms with E-state index in [0.29, 0.717) is 10.4 Å². The van der Waals surface area contributed by atoms with Crippen molar-refractivity contribution in [2.75, 3.05) is 19.6 Å². The molecule has 3 nitrogen and oxygen atoms in total. The molecule has 0 aromatic carbocycles. The van der Waals surface area contributed by atoms with Crippen molar-refractivity contribution in [2.45, 2.75) is 25.8 Å². The highest BCUT2D eigenvalue weighted by Crippen LogP contribution is 2.24. The molecule has 1 fully saturated rings. The number of carbonyl (C=O) groups is 1. The van der Waals surface area contributed by atoms with Gasteiger partial charge in [0.2, 0.25) is 0 Å². The number of thiophene rings is 1. The molecule has 2 heterocycles. The summed E-state index contributed by atoms with van der Waals surface area (Å²) in [4.78, 5) is 15.1. The average molecular weight is 273 g/mol. The number of amides is 1. The van der Waals surface area contributed by atoms with Gasteiger partial charge in [0.05, 0.1) is 9.21 Å². The fourth-order valence-corrected chi connectivity index (χ4v) is 3.17. The van der Waals surface area contributed by atoms with Crippen molar-refractivity contribution >= 4 is 28.8 Å². The van der Waals surface area contributed by atoms with Crippen LogP contribution >= 0.6 is 22.9 Å². The second-order valence-corrected chi connectivity index (χ2v) is 5.96. The Morgan fingerprint density at radius 2 is 2.47 bits per heavy atom. The molecule has 0 spiro atoms. The van der Waals surface area contributed by atoms with Crippen molar-refractivity contribution in [1.29, 1.82) is 0 Å². The summed E-state index contributed by atoms with van der Waals surface area (Å²) in [6.07, 6.45) is 2.03. The number of hydrogen-bond acceptors (Lipinski definition) is 3. The molecule has 2 rings (SSSR count). The Kier molecular flexibility index (Phi) is 4.42. The Balaban J connectivity index is 2.12. The van der Waals surface area contributed by atoms with Crippen LogP contribution in [0.1, 0.15) is 29.4 Å². The number of halogens is 1. The van der Waals surface area contributed by atoms with E-state index in [4.69, 9.17) is 11.6 Å². The Bertz CT molecular complexity index is 388. The van der Waals surface area contributed by atoms with Gasteiger partial charge < -0.3 is 10.2 Å². The Labute approximate surface area is 111 Å². The van der Waals surface area contributed by atoms with E-state index in [2.05, 4.69) is 12.2 Å². The molecule has 17 heavy (non-hydrogen) atoms. The summed E-state index contributed by atoms with van der Waals surface area (Å²) in [5.74, 6) is 0.123. The largest absolute Gasteiger partial charge is 0.334 e. The summed E-state index contributed by atoms with van der Waals surface area (Å²) >= 11 is 7.24. The SMILES string of the molecule is CCCN(C(=O)c1ccc(Cl)s1)C1CCNC1. The minimum absolute atomic E-state index is 0.123. The molecule has 0 radical (unpaired) electrons. The Hall–Kier alpha value is -0.580. The molecular weight excluding hydrogens is 256 g/mol. The normalized spacial score (nSPS) is 19.5. The molecule has 0 aliphatic carbocycles. The summed E-state index contributed by atoms with van der Waals surface area (Å²) in [7, 11) is 0. The van der Waals surface area contributed by atoms with Crippen molar-refractivity contribution < 1.29 is 4.79 Å². The van der Waals surface area contributed by atoms with Gasteiger partial charge in [-0.05, 0) is 31.5 Å². The molecule has 1 aliphatic heterocycles. The predicted octanol–water partition coefficient (Wildman–Crippen LogP) is 2.62. The van der Waals surface area contributed by atoms with Crippen molar-refractivity contribution in [3.63, 3.8) is 0 Å². The summed E-state index contributed by atoms with van der Waals surface area (Å²) < 4.78 is 0.675. The maximum Gasteiger partial charge on any atom is 0.264 e. The lowest BCUT2D eigenvalue weighted by molar-refractivity contribution is 0.0697.